The fourth-order valence-electron chi connectivity index (χ4n) is 2.33. The summed E-state index contributed by atoms with van der Waals surface area (Å²) >= 11 is 0. The Morgan fingerprint density at radius 1 is 1.24 bits per heavy atom. The van der Waals surface area contributed by atoms with Gasteiger partial charge in [0.05, 0.1) is 6.10 Å². The SMILES string of the molecule is CCNC(CCC(=O)O)C(O)c1ccc(C(C)(C)C)cc1. The van der Waals surface area contributed by atoms with Gasteiger partial charge >= 0.3 is 5.97 Å². The summed E-state index contributed by atoms with van der Waals surface area (Å²) < 4.78 is 0. The van der Waals surface area contributed by atoms with Gasteiger partial charge in [-0.05, 0) is 29.5 Å². The summed E-state index contributed by atoms with van der Waals surface area (Å²) in [5.74, 6) is -0.840. The molecule has 0 bridgehead atoms. The third-order valence-corrected chi connectivity index (χ3v) is 3.63. The minimum atomic E-state index is -0.840. The predicted molar refractivity (Wildman–Crippen MR) is 84.4 cm³/mol. The van der Waals surface area contributed by atoms with Crippen molar-refractivity contribution in [3.05, 3.63) is 35.4 Å². The van der Waals surface area contributed by atoms with Gasteiger partial charge in [-0.1, -0.05) is 52.0 Å². The van der Waals surface area contributed by atoms with Crippen LogP contribution < -0.4 is 5.32 Å². The molecule has 2 unspecified atom stereocenters. The van der Waals surface area contributed by atoms with Crippen molar-refractivity contribution in [2.45, 2.75) is 58.1 Å². The van der Waals surface area contributed by atoms with Gasteiger partial charge < -0.3 is 15.5 Å². The summed E-state index contributed by atoms with van der Waals surface area (Å²) in [6.45, 7) is 9.08. The average Bonchev–Trinajstić information content (AvgIpc) is 2.41. The molecule has 0 aliphatic heterocycles. The second-order valence-corrected chi connectivity index (χ2v) is 6.41. The third-order valence-electron chi connectivity index (χ3n) is 3.63. The number of rotatable bonds is 7. The van der Waals surface area contributed by atoms with Crippen LogP contribution in [0.4, 0.5) is 0 Å². The molecule has 0 aromatic heterocycles. The highest BCUT2D eigenvalue weighted by Gasteiger charge is 2.21. The minimum absolute atomic E-state index is 0.0504. The number of carbonyl (C=O) groups is 1. The lowest BCUT2D eigenvalue weighted by molar-refractivity contribution is -0.137. The first-order chi connectivity index (χ1) is 9.75. The van der Waals surface area contributed by atoms with Gasteiger partial charge in [-0.2, -0.15) is 0 Å². The molecule has 0 aliphatic rings. The molecular weight excluding hydrogens is 266 g/mol. The molecule has 1 aromatic carbocycles. The zero-order valence-electron chi connectivity index (χ0n) is 13.4. The molecule has 0 amide bonds. The van der Waals surface area contributed by atoms with Crippen LogP contribution >= 0.6 is 0 Å². The lowest BCUT2D eigenvalue weighted by atomic mass is 9.86. The average molecular weight is 293 g/mol. The van der Waals surface area contributed by atoms with Crippen LogP contribution in [0.5, 0.6) is 0 Å². The maximum absolute atomic E-state index is 10.7. The van der Waals surface area contributed by atoms with Crippen LogP contribution in [0.3, 0.4) is 0 Å². The van der Waals surface area contributed by atoms with Gasteiger partial charge in [-0.25, -0.2) is 0 Å². The molecule has 0 fully saturated rings. The zero-order valence-corrected chi connectivity index (χ0v) is 13.4. The molecule has 0 radical (unpaired) electrons. The normalized spacial score (nSPS) is 14.7. The Morgan fingerprint density at radius 2 is 1.81 bits per heavy atom. The van der Waals surface area contributed by atoms with E-state index in [9.17, 15) is 9.90 Å². The smallest absolute Gasteiger partial charge is 0.303 e. The van der Waals surface area contributed by atoms with E-state index in [4.69, 9.17) is 5.11 Å². The lowest BCUT2D eigenvalue weighted by Gasteiger charge is -2.25. The van der Waals surface area contributed by atoms with Crippen LogP contribution in [0.25, 0.3) is 0 Å². The van der Waals surface area contributed by atoms with Crippen molar-refractivity contribution in [2.24, 2.45) is 0 Å². The van der Waals surface area contributed by atoms with E-state index >= 15 is 0 Å². The number of carboxylic acid groups (broad SMARTS) is 1. The first-order valence-electron chi connectivity index (χ1n) is 7.49. The maximum Gasteiger partial charge on any atom is 0.303 e. The molecular formula is C17H27NO3. The zero-order chi connectivity index (χ0) is 16.0. The molecule has 3 N–H and O–H groups in total. The maximum atomic E-state index is 10.7. The number of carboxylic acids is 1. The van der Waals surface area contributed by atoms with Gasteiger partial charge in [0.15, 0.2) is 0 Å². The number of aliphatic carboxylic acids is 1. The summed E-state index contributed by atoms with van der Waals surface area (Å²) in [4.78, 5) is 10.7. The van der Waals surface area contributed by atoms with E-state index in [1.165, 1.54) is 5.56 Å². The van der Waals surface area contributed by atoms with Crippen molar-refractivity contribution in [1.82, 2.24) is 5.32 Å². The topological polar surface area (TPSA) is 69.6 Å². The number of likely N-dealkylation sites (N-methyl/N-ethyl adjacent to an activating group) is 1. The number of hydrogen-bond donors (Lipinski definition) is 3. The molecule has 0 saturated carbocycles. The molecule has 0 spiro atoms. The predicted octanol–water partition coefficient (Wildman–Crippen LogP) is 2.86. The number of hydrogen-bond acceptors (Lipinski definition) is 3. The molecule has 1 rings (SSSR count). The molecule has 0 heterocycles. The Hall–Kier alpha value is -1.39. The number of nitrogens with one attached hydrogen (secondary N) is 1. The first-order valence-corrected chi connectivity index (χ1v) is 7.49. The Balaban J connectivity index is 2.82. The van der Waals surface area contributed by atoms with Gasteiger partial charge in [0.25, 0.3) is 0 Å². The molecule has 1 aromatic rings. The van der Waals surface area contributed by atoms with Crippen molar-refractivity contribution in [3.63, 3.8) is 0 Å². The molecule has 2 atom stereocenters. The molecule has 21 heavy (non-hydrogen) atoms. The summed E-state index contributed by atoms with van der Waals surface area (Å²) in [7, 11) is 0. The van der Waals surface area contributed by atoms with E-state index in [0.29, 0.717) is 13.0 Å². The summed E-state index contributed by atoms with van der Waals surface area (Å²) in [5, 5.41) is 22.4. The van der Waals surface area contributed by atoms with E-state index in [1.54, 1.807) is 0 Å². The summed E-state index contributed by atoms with van der Waals surface area (Å²) in [6, 6.07) is 7.66. The van der Waals surface area contributed by atoms with Gasteiger partial charge in [-0.3, -0.25) is 4.79 Å². The monoisotopic (exact) mass is 293 g/mol. The van der Waals surface area contributed by atoms with E-state index < -0.39 is 12.1 Å². The van der Waals surface area contributed by atoms with E-state index in [0.717, 1.165) is 5.56 Å². The third kappa shape index (κ3) is 5.48. The Labute approximate surface area is 127 Å². The van der Waals surface area contributed by atoms with Crippen LogP contribution in [-0.2, 0) is 10.2 Å². The van der Waals surface area contributed by atoms with Crippen molar-refractivity contribution < 1.29 is 15.0 Å². The van der Waals surface area contributed by atoms with Crippen molar-refractivity contribution >= 4 is 5.97 Å². The Morgan fingerprint density at radius 3 is 2.24 bits per heavy atom. The van der Waals surface area contributed by atoms with Crippen LogP contribution in [0.1, 0.15) is 57.8 Å². The summed E-state index contributed by atoms with van der Waals surface area (Å²) in [6.07, 6.45) is -0.238. The number of benzene rings is 1. The quantitative estimate of drug-likeness (QED) is 0.723. The van der Waals surface area contributed by atoms with Crippen LogP contribution in [-0.4, -0.2) is 28.8 Å². The molecule has 0 saturated heterocycles. The largest absolute Gasteiger partial charge is 0.481 e. The number of aliphatic hydroxyl groups excluding tert-OH is 1. The Kier molecular flexibility index (Phi) is 6.37. The second-order valence-electron chi connectivity index (χ2n) is 6.41. The molecule has 4 heteroatoms. The van der Waals surface area contributed by atoms with Crippen LogP contribution in [0.2, 0.25) is 0 Å². The van der Waals surface area contributed by atoms with Gasteiger partial charge in [0.1, 0.15) is 0 Å². The fourth-order valence-corrected chi connectivity index (χ4v) is 2.33. The van der Waals surface area contributed by atoms with Crippen molar-refractivity contribution in [3.8, 4) is 0 Å². The molecule has 118 valence electrons. The highest BCUT2D eigenvalue weighted by atomic mass is 16.4. The van der Waals surface area contributed by atoms with Crippen molar-refractivity contribution in [2.75, 3.05) is 6.54 Å². The summed E-state index contributed by atoms with van der Waals surface area (Å²) in [5.41, 5.74) is 2.11. The van der Waals surface area contributed by atoms with E-state index in [-0.39, 0.29) is 17.9 Å². The van der Waals surface area contributed by atoms with E-state index in [2.05, 4.69) is 26.1 Å². The minimum Gasteiger partial charge on any atom is -0.481 e. The second kappa shape index (κ2) is 7.57. The fraction of sp³-hybridized carbons (Fsp3) is 0.588. The Bertz CT molecular complexity index is 448. The highest BCUT2D eigenvalue weighted by molar-refractivity contribution is 5.66. The van der Waals surface area contributed by atoms with Gasteiger partial charge in [0, 0.05) is 12.5 Å². The van der Waals surface area contributed by atoms with Gasteiger partial charge in [0.2, 0.25) is 0 Å². The van der Waals surface area contributed by atoms with Gasteiger partial charge in [-0.15, -0.1) is 0 Å². The highest BCUT2D eigenvalue weighted by Crippen LogP contribution is 2.26. The van der Waals surface area contributed by atoms with E-state index in [1.807, 2.05) is 31.2 Å². The lowest BCUT2D eigenvalue weighted by Crippen LogP contribution is -2.35. The molecule has 4 nitrogen and oxygen atoms in total. The molecule has 0 aliphatic carbocycles. The first kappa shape index (κ1) is 17.7. The van der Waals surface area contributed by atoms with Crippen LogP contribution in [0.15, 0.2) is 24.3 Å². The standard InChI is InChI=1S/C17H27NO3/c1-5-18-14(10-11-15(19)20)16(21)12-6-8-13(9-7-12)17(2,3)4/h6-9,14,16,18,21H,5,10-11H2,1-4H3,(H,19,20). The van der Waals surface area contributed by atoms with Crippen LogP contribution in [0, 0.1) is 0 Å². The van der Waals surface area contributed by atoms with Crippen molar-refractivity contribution in [1.29, 1.82) is 0 Å². The number of aliphatic hydroxyl groups is 1.